The number of halogens is 1. The van der Waals surface area contributed by atoms with Gasteiger partial charge < -0.3 is 28.6 Å². The average molecular weight is 496 g/mol. The molecule has 2 rings (SSSR count). The molecule has 0 aliphatic heterocycles. The number of esters is 1. The van der Waals surface area contributed by atoms with Gasteiger partial charge in [0.25, 0.3) is 5.91 Å². The summed E-state index contributed by atoms with van der Waals surface area (Å²) in [5.74, 6) is 1.13. The van der Waals surface area contributed by atoms with Gasteiger partial charge in [0.1, 0.15) is 18.0 Å². The second kappa shape index (κ2) is 11.5. The van der Waals surface area contributed by atoms with Gasteiger partial charge >= 0.3 is 5.97 Å². The Balaban J connectivity index is 2.43. The monoisotopic (exact) mass is 495 g/mol. The number of hydrogen-bond donors (Lipinski definition) is 0. The Kier molecular flexibility index (Phi) is 8.99. The molecule has 0 heterocycles. The lowest BCUT2D eigenvalue weighted by atomic mass is 10.1. The third-order valence-electron chi connectivity index (χ3n) is 4.38. The van der Waals surface area contributed by atoms with Crippen molar-refractivity contribution < 1.29 is 33.3 Å². The van der Waals surface area contributed by atoms with Crippen LogP contribution in [0.15, 0.2) is 34.8 Å². The lowest BCUT2D eigenvalue weighted by molar-refractivity contribution is -0.141. The Morgan fingerprint density at radius 2 is 1.58 bits per heavy atom. The molecule has 0 bridgehead atoms. The van der Waals surface area contributed by atoms with E-state index in [9.17, 15) is 9.59 Å². The quantitative estimate of drug-likeness (QED) is 0.464. The molecule has 9 heteroatoms. The predicted octanol–water partition coefficient (Wildman–Crippen LogP) is 3.69. The van der Waals surface area contributed by atoms with Crippen LogP contribution in [0.3, 0.4) is 0 Å². The van der Waals surface area contributed by atoms with E-state index in [4.69, 9.17) is 23.7 Å². The summed E-state index contributed by atoms with van der Waals surface area (Å²) in [5, 5.41) is 0. The number of amides is 1. The van der Waals surface area contributed by atoms with Crippen LogP contribution in [0.25, 0.3) is 0 Å². The van der Waals surface area contributed by atoms with Crippen molar-refractivity contribution in [2.75, 3.05) is 41.6 Å². The Bertz CT molecular complexity index is 910. The summed E-state index contributed by atoms with van der Waals surface area (Å²) >= 11 is 3.43. The standard InChI is InChI=1S/C22H26BrNO7/c1-6-31-21-18(23)9-15(10-19(21)29-4)22(26)24(13-20(25)30-5)12-14-7-16(27-2)11-17(8-14)28-3/h7-11H,6,12-13H2,1-5H3. The maximum Gasteiger partial charge on any atom is 0.325 e. The molecule has 0 aliphatic carbocycles. The Morgan fingerprint density at radius 3 is 2.10 bits per heavy atom. The number of carbonyl (C=O) groups excluding carboxylic acids is 2. The fourth-order valence-electron chi connectivity index (χ4n) is 2.91. The molecular weight excluding hydrogens is 470 g/mol. The third kappa shape index (κ3) is 6.27. The van der Waals surface area contributed by atoms with Crippen molar-refractivity contribution in [3.63, 3.8) is 0 Å². The molecule has 0 saturated heterocycles. The van der Waals surface area contributed by atoms with Crippen molar-refractivity contribution in [3.8, 4) is 23.0 Å². The summed E-state index contributed by atoms with van der Waals surface area (Å²) < 4.78 is 26.9. The summed E-state index contributed by atoms with van der Waals surface area (Å²) in [6, 6.07) is 8.48. The van der Waals surface area contributed by atoms with Gasteiger partial charge in [-0.1, -0.05) is 0 Å². The van der Waals surface area contributed by atoms with Gasteiger partial charge in [-0.25, -0.2) is 0 Å². The minimum absolute atomic E-state index is 0.134. The van der Waals surface area contributed by atoms with E-state index in [0.717, 1.165) is 5.56 Å². The van der Waals surface area contributed by atoms with E-state index in [2.05, 4.69) is 15.9 Å². The van der Waals surface area contributed by atoms with Gasteiger partial charge in [-0.3, -0.25) is 9.59 Å². The number of methoxy groups -OCH3 is 4. The maximum atomic E-state index is 13.3. The summed E-state index contributed by atoms with van der Waals surface area (Å²) in [4.78, 5) is 26.7. The van der Waals surface area contributed by atoms with Gasteiger partial charge in [0, 0.05) is 18.2 Å². The van der Waals surface area contributed by atoms with Crippen LogP contribution in [0.2, 0.25) is 0 Å². The van der Waals surface area contributed by atoms with Crippen molar-refractivity contribution in [1.29, 1.82) is 0 Å². The van der Waals surface area contributed by atoms with Crippen LogP contribution in [0.5, 0.6) is 23.0 Å². The zero-order valence-electron chi connectivity index (χ0n) is 18.2. The van der Waals surface area contributed by atoms with Gasteiger partial charge in [0.2, 0.25) is 0 Å². The first kappa shape index (κ1) is 24.3. The van der Waals surface area contributed by atoms with Gasteiger partial charge in [-0.2, -0.15) is 0 Å². The molecular formula is C22H26BrNO7. The summed E-state index contributed by atoms with van der Waals surface area (Å²) in [6.45, 7) is 2.19. The highest BCUT2D eigenvalue weighted by Gasteiger charge is 2.23. The lowest BCUT2D eigenvalue weighted by Gasteiger charge is -2.23. The van der Waals surface area contributed by atoms with Crippen LogP contribution in [0.4, 0.5) is 0 Å². The predicted molar refractivity (Wildman–Crippen MR) is 118 cm³/mol. The van der Waals surface area contributed by atoms with Crippen LogP contribution in [-0.4, -0.2) is 58.4 Å². The summed E-state index contributed by atoms with van der Waals surface area (Å²) in [7, 11) is 5.85. The van der Waals surface area contributed by atoms with Crippen molar-refractivity contribution in [2.24, 2.45) is 0 Å². The van der Waals surface area contributed by atoms with E-state index >= 15 is 0 Å². The smallest absolute Gasteiger partial charge is 0.325 e. The van der Waals surface area contributed by atoms with Crippen LogP contribution in [0, 0.1) is 0 Å². The Morgan fingerprint density at radius 1 is 0.935 bits per heavy atom. The number of ether oxygens (including phenoxy) is 5. The number of hydrogen-bond acceptors (Lipinski definition) is 7. The Hall–Kier alpha value is -2.94. The largest absolute Gasteiger partial charge is 0.497 e. The van der Waals surface area contributed by atoms with Crippen molar-refractivity contribution in [2.45, 2.75) is 13.5 Å². The minimum Gasteiger partial charge on any atom is -0.497 e. The molecule has 0 radical (unpaired) electrons. The van der Waals surface area contributed by atoms with Crippen molar-refractivity contribution >= 4 is 27.8 Å². The van der Waals surface area contributed by atoms with E-state index in [-0.39, 0.29) is 19.0 Å². The molecule has 0 fully saturated rings. The zero-order chi connectivity index (χ0) is 23.0. The van der Waals surface area contributed by atoms with Crippen LogP contribution in [-0.2, 0) is 16.1 Å². The molecule has 0 aliphatic rings. The molecule has 2 aromatic rings. The highest BCUT2D eigenvalue weighted by molar-refractivity contribution is 9.10. The van der Waals surface area contributed by atoms with Crippen molar-refractivity contribution in [3.05, 3.63) is 45.9 Å². The topological polar surface area (TPSA) is 83.5 Å². The second-order valence-electron chi connectivity index (χ2n) is 6.38. The molecule has 0 saturated carbocycles. The van der Waals surface area contributed by atoms with Gasteiger partial charge in [-0.05, 0) is 52.7 Å². The highest BCUT2D eigenvalue weighted by atomic mass is 79.9. The van der Waals surface area contributed by atoms with E-state index in [1.54, 1.807) is 44.6 Å². The number of benzene rings is 2. The molecule has 168 valence electrons. The number of carbonyl (C=O) groups is 2. The molecule has 0 atom stereocenters. The van der Waals surface area contributed by atoms with Gasteiger partial charge in [-0.15, -0.1) is 0 Å². The van der Waals surface area contributed by atoms with Crippen LogP contribution < -0.4 is 18.9 Å². The number of nitrogens with zero attached hydrogens (tertiary/aromatic N) is 1. The zero-order valence-corrected chi connectivity index (χ0v) is 19.8. The molecule has 0 unspecified atom stereocenters. The average Bonchev–Trinajstić information content (AvgIpc) is 2.78. The van der Waals surface area contributed by atoms with Crippen LogP contribution >= 0.6 is 15.9 Å². The second-order valence-corrected chi connectivity index (χ2v) is 7.24. The molecule has 31 heavy (non-hydrogen) atoms. The molecule has 0 N–H and O–H groups in total. The maximum absolute atomic E-state index is 13.3. The van der Waals surface area contributed by atoms with E-state index in [1.165, 1.54) is 19.1 Å². The first-order valence-corrected chi connectivity index (χ1v) is 10.2. The highest BCUT2D eigenvalue weighted by Crippen LogP contribution is 2.37. The normalized spacial score (nSPS) is 10.3. The molecule has 2 aromatic carbocycles. The minimum atomic E-state index is -0.542. The molecule has 0 aromatic heterocycles. The van der Waals surface area contributed by atoms with E-state index < -0.39 is 5.97 Å². The third-order valence-corrected chi connectivity index (χ3v) is 4.97. The van der Waals surface area contributed by atoms with Crippen molar-refractivity contribution in [1.82, 2.24) is 4.90 Å². The lowest BCUT2D eigenvalue weighted by Crippen LogP contribution is -2.35. The van der Waals surface area contributed by atoms with E-state index in [0.29, 0.717) is 39.6 Å². The summed E-state index contributed by atoms with van der Waals surface area (Å²) in [5.41, 5.74) is 1.05. The van der Waals surface area contributed by atoms with E-state index in [1.807, 2.05) is 6.92 Å². The first-order valence-electron chi connectivity index (χ1n) is 9.45. The fraction of sp³-hybridized carbons (Fsp3) is 0.364. The Labute approximate surface area is 190 Å². The fourth-order valence-corrected chi connectivity index (χ4v) is 3.46. The van der Waals surface area contributed by atoms with Gasteiger partial charge in [0.15, 0.2) is 11.5 Å². The van der Waals surface area contributed by atoms with Gasteiger partial charge in [0.05, 0.1) is 39.5 Å². The first-order chi connectivity index (χ1) is 14.9. The molecule has 0 spiro atoms. The summed E-state index contributed by atoms with van der Waals surface area (Å²) in [6.07, 6.45) is 0. The molecule has 8 nitrogen and oxygen atoms in total. The molecule has 1 amide bonds. The SMILES string of the molecule is CCOc1c(Br)cc(C(=O)N(CC(=O)OC)Cc2cc(OC)cc(OC)c2)cc1OC. The van der Waals surface area contributed by atoms with Crippen LogP contribution in [0.1, 0.15) is 22.8 Å². The number of rotatable bonds is 10.